The molecule has 0 saturated carbocycles. The van der Waals surface area contributed by atoms with Gasteiger partial charge in [0.15, 0.2) is 0 Å². The maximum Gasteiger partial charge on any atom is 0.213 e. The third kappa shape index (κ3) is 7.74. The Kier molecular flexibility index (Phi) is 8.91. The number of aromatic nitrogens is 1. The van der Waals surface area contributed by atoms with E-state index in [1.165, 1.54) is 0 Å². The second-order valence-electron chi connectivity index (χ2n) is 3.73. The van der Waals surface area contributed by atoms with Crippen LogP contribution in [0.3, 0.4) is 0 Å². The average molecular weight is 271 g/mol. The fourth-order valence-corrected chi connectivity index (χ4v) is 1.26. The van der Waals surface area contributed by atoms with E-state index in [1.54, 1.807) is 25.4 Å². The van der Waals surface area contributed by atoms with Crippen molar-refractivity contribution in [2.45, 2.75) is 6.61 Å². The monoisotopic (exact) mass is 271 g/mol. The van der Waals surface area contributed by atoms with E-state index in [-0.39, 0.29) is 6.61 Å². The Labute approximate surface area is 113 Å². The first-order chi connectivity index (χ1) is 9.36. The maximum atomic E-state index is 8.86. The first-order valence-corrected chi connectivity index (χ1v) is 6.20. The van der Waals surface area contributed by atoms with Gasteiger partial charge in [-0.25, -0.2) is 4.98 Å². The van der Waals surface area contributed by atoms with Gasteiger partial charge >= 0.3 is 0 Å². The number of hydrogen-bond donors (Lipinski definition) is 1. The lowest BCUT2D eigenvalue weighted by Crippen LogP contribution is -2.12. The molecule has 0 aliphatic carbocycles. The van der Waals surface area contributed by atoms with E-state index in [4.69, 9.17) is 24.1 Å². The molecular weight excluding hydrogens is 250 g/mol. The first-order valence-electron chi connectivity index (χ1n) is 6.20. The molecular formula is C13H21NO5. The van der Waals surface area contributed by atoms with Crippen LogP contribution in [0.1, 0.15) is 5.56 Å². The lowest BCUT2D eigenvalue weighted by molar-refractivity contribution is 0.0176. The highest BCUT2D eigenvalue weighted by Gasteiger charge is 1.96. The van der Waals surface area contributed by atoms with Gasteiger partial charge in [-0.1, -0.05) is 0 Å². The van der Waals surface area contributed by atoms with Gasteiger partial charge in [-0.2, -0.15) is 0 Å². The predicted molar refractivity (Wildman–Crippen MR) is 69.2 cm³/mol. The zero-order valence-corrected chi connectivity index (χ0v) is 11.2. The molecule has 0 spiro atoms. The molecule has 0 unspecified atom stereocenters. The molecule has 0 saturated heterocycles. The van der Waals surface area contributed by atoms with E-state index in [0.717, 1.165) is 5.56 Å². The van der Waals surface area contributed by atoms with Crippen molar-refractivity contribution in [3.8, 4) is 5.88 Å². The minimum absolute atomic E-state index is 0.0144. The van der Waals surface area contributed by atoms with Crippen molar-refractivity contribution in [1.82, 2.24) is 4.98 Å². The Bertz CT molecular complexity index is 317. The molecule has 0 aliphatic heterocycles. The van der Waals surface area contributed by atoms with Gasteiger partial charge in [0.2, 0.25) is 5.88 Å². The number of nitrogens with zero attached hydrogens (tertiary/aromatic N) is 1. The van der Waals surface area contributed by atoms with Crippen LogP contribution in [-0.4, -0.2) is 56.8 Å². The molecule has 0 radical (unpaired) electrons. The topological polar surface area (TPSA) is 70.0 Å². The summed E-state index contributed by atoms with van der Waals surface area (Å²) in [6.07, 6.45) is 1.58. The van der Waals surface area contributed by atoms with E-state index in [9.17, 15) is 0 Å². The van der Waals surface area contributed by atoms with Crippen LogP contribution in [0.4, 0.5) is 0 Å². The number of aliphatic hydroxyl groups excluding tert-OH is 1. The van der Waals surface area contributed by atoms with Gasteiger partial charge in [-0.05, 0) is 11.6 Å². The molecule has 1 rings (SSSR count). The zero-order valence-electron chi connectivity index (χ0n) is 11.2. The van der Waals surface area contributed by atoms with E-state index < -0.39 is 0 Å². The highest BCUT2D eigenvalue weighted by atomic mass is 16.6. The van der Waals surface area contributed by atoms with Crippen molar-refractivity contribution in [3.05, 3.63) is 23.9 Å². The van der Waals surface area contributed by atoms with E-state index in [1.807, 2.05) is 0 Å². The minimum atomic E-state index is -0.0144. The highest BCUT2D eigenvalue weighted by molar-refractivity contribution is 5.16. The summed E-state index contributed by atoms with van der Waals surface area (Å²) in [5.41, 5.74) is 0.761. The molecule has 0 bridgehead atoms. The van der Waals surface area contributed by atoms with Crippen molar-refractivity contribution in [3.63, 3.8) is 0 Å². The summed E-state index contributed by atoms with van der Waals surface area (Å²) in [6.45, 7) is 3.16. The van der Waals surface area contributed by atoms with Crippen LogP contribution >= 0.6 is 0 Å². The molecule has 0 amide bonds. The zero-order chi connectivity index (χ0) is 13.8. The van der Waals surface area contributed by atoms with E-state index in [2.05, 4.69) is 4.98 Å². The number of methoxy groups -OCH3 is 1. The Morgan fingerprint density at radius 1 is 1.00 bits per heavy atom. The lowest BCUT2D eigenvalue weighted by atomic mass is 10.3. The van der Waals surface area contributed by atoms with E-state index in [0.29, 0.717) is 45.5 Å². The summed E-state index contributed by atoms with van der Waals surface area (Å²) < 4.78 is 20.8. The van der Waals surface area contributed by atoms with Crippen molar-refractivity contribution < 1.29 is 24.1 Å². The number of aliphatic hydroxyl groups is 1. The second-order valence-corrected chi connectivity index (χ2v) is 3.73. The van der Waals surface area contributed by atoms with Crippen LogP contribution in [0.5, 0.6) is 5.88 Å². The Balaban J connectivity index is 1.95. The predicted octanol–water partition coefficient (Wildman–Crippen LogP) is 0.632. The number of rotatable bonds is 11. The Hall–Kier alpha value is -1.21. The van der Waals surface area contributed by atoms with Crippen LogP contribution in [0.2, 0.25) is 0 Å². The first kappa shape index (κ1) is 15.8. The van der Waals surface area contributed by atoms with Crippen molar-refractivity contribution in [2.75, 3.05) is 46.8 Å². The molecule has 1 aromatic rings. The summed E-state index contributed by atoms with van der Waals surface area (Å²) in [5.74, 6) is 0.525. The van der Waals surface area contributed by atoms with Crippen LogP contribution in [-0.2, 0) is 20.8 Å². The fraction of sp³-hybridized carbons (Fsp3) is 0.615. The summed E-state index contributed by atoms with van der Waals surface area (Å²) in [6, 6.07) is 3.49. The van der Waals surface area contributed by atoms with Gasteiger partial charge in [-0.3, -0.25) is 0 Å². The van der Waals surface area contributed by atoms with Gasteiger partial charge < -0.3 is 24.1 Å². The van der Waals surface area contributed by atoms with Crippen molar-refractivity contribution in [1.29, 1.82) is 0 Å². The summed E-state index contributed by atoms with van der Waals surface area (Å²) in [5, 5.41) is 8.86. The molecule has 6 heteroatoms. The lowest BCUT2D eigenvalue weighted by Gasteiger charge is -2.07. The van der Waals surface area contributed by atoms with Gasteiger partial charge in [0, 0.05) is 19.4 Å². The van der Waals surface area contributed by atoms with Crippen molar-refractivity contribution in [2.24, 2.45) is 0 Å². The molecule has 108 valence electrons. The van der Waals surface area contributed by atoms with E-state index >= 15 is 0 Å². The molecule has 1 heterocycles. The molecule has 19 heavy (non-hydrogen) atoms. The van der Waals surface area contributed by atoms with Gasteiger partial charge in [0.1, 0.15) is 6.61 Å². The number of hydrogen-bond acceptors (Lipinski definition) is 6. The third-order valence-corrected chi connectivity index (χ3v) is 2.26. The normalized spacial score (nSPS) is 10.6. The van der Waals surface area contributed by atoms with Crippen molar-refractivity contribution >= 4 is 0 Å². The largest absolute Gasteiger partial charge is 0.475 e. The molecule has 0 atom stereocenters. The highest BCUT2D eigenvalue weighted by Crippen LogP contribution is 2.06. The standard InChI is InChI=1S/C13H21NO5/c1-16-4-5-17-6-7-18-8-9-19-13-3-2-12(11-15)10-14-13/h2-3,10,15H,4-9,11H2,1H3. The SMILES string of the molecule is COCCOCCOCCOc1ccc(CO)cn1. The van der Waals surface area contributed by atoms with Crippen LogP contribution < -0.4 is 4.74 Å². The summed E-state index contributed by atoms with van der Waals surface area (Å²) in [4.78, 5) is 4.04. The third-order valence-electron chi connectivity index (χ3n) is 2.26. The minimum Gasteiger partial charge on any atom is -0.475 e. The molecule has 0 aromatic carbocycles. The molecule has 0 aliphatic rings. The Morgan fingerprint density at radius 2 is 1.68 bits per heavy atom. The molecule has 1 aromatic heterocycles. The average Bonchev–Trinajstić information content (AvgIpc) is 2.46. The smallest absolute Gasteiger partial charge is 0.213 e. The Morgan fingerprint density at radius 3 is 2.26 bits per heavy atom. The second kappa shape index (κ2) is 10.7. The van der Waals surface area contributed by atoms with Gasteiger partial charge in [0.05, 0.1) is 39.6 Å². The van der Waals surface area contributed by atoms with Crippen LogP contribution in [0.25, 0.3) is 0 Å². The molecule has 1 N–H and O–H groups in total. The summed E-state index contributed by atoms with van der Waals surface area (Å²) >= 11 is 0. The maximum absolute atomic E-state index is 8.86. The van der Waals surface area contributed by atoms with Crippen LogP contribution in [0, 0.1) is 0 Å². The molecule has 6 nitrogen and oxygen atoms in total. The quantitative estimate of drug-likeness (QED) is 0.595. The molecule has 0 fully saturated rings. The number of ether oxygens (including phenoxy) is 4. The van der Waals surface area contributed by atoms with Gasteiger partial charge in [-0.15, -0.1) is 0 Å². The van der Waals surface area contributed by atoms with Crippen LogP contribution in [0.15, 0.2) is 18.3 Å². The van der Waals surface area contributed by atoms with Gasteiger partial charge in [0.25, 0.3) is 0 Å². The summed E-state index contributed by atoms with van der Waals surface area (Å²) in [7, 11) is 1.64. The fourth-order valence-electron chi connectivity index (χ4n) is 1.26. The number of pyridine rings is 1.